The van der Waals surface area contributed by atoms with Crippen molar-refractivity contribution in [1.82, 2.24) is 4.90 Å². The van der Waals surface area contributed by atoms with Gasteiger partial charge in [-0.2, -0.15) is 0 Å². The summed E-state index contributed by atoms with van der Waals surface area (Å²) in [6.45, 7) is 7.91. The topological polar surface area (TPSA) is 38.5 Å². The maximum atomic E-state index is 5.95. The van der Waals surface area contributed by atoms with Crippen LogP contribution >= 0.6 is 12.4 Å². The minimum absolute atomic E-state index is 0. The maximum Gasteiger partial charge on any atom is 0.0471 e. The number of hydrogen-bond donors (Lipinski definition) is 1. The van der Waals surface area contributed by atoms with Crippen LogP contribution in [0.15, 0.2) is 0 Å². The smallest absolute Gasteiger partial charge is 0.0471 e. The second-order valence-corrected chi connectivity index (χ2v) is 5.58. The van der Waals surface area contributed by atoms with Crippen LogP contribution in [0.1, 0.15) is 39.0 Å². The van der Waals surface area contributed by atoms with E-state index in [-0.39, 0.29) is 12.4 Å². The van der Waals surface area contributed by atoms with Crippen LogP contribution in [0.4, 0.5) is 0 Å². The SMILES string of the molecule is CCC1(CN2CCC(N)CC2)CCOCC1.Cl. The average Bonchev–Trinajstić information content (AvgIpc) is 2.33. The number of halogens is 1. The van der Waals surface area contributed by atoms with E-state index in [9.17, 15) is 0 Å². The van der Waals surface area contributed by atoms with Gasteiger partial charge in [0.15, 0.2) is 0 Å². The number of piperidine rings is 1. The molecule has 2 heterocycles. The van der Waals surface area contributed by atoms with Gasteiger partial charge in [-0.1, -0.05) is 6.92 Å². The van der Waals surface area contributed by atoms with Crippen molar-refractivity contribution in [2.24, 2.45) is 11.1 Å². The molecule has 102 valence electrons. The lowest BCUT2D eigenvalue weighted by Crippen LogP contribution is -2.46. The Kier molecular flexibility index (Phi) is 6.21. The zero-order valence-corrected chi connectivity index (χ0v) is 11.8. The zero-order chi connectivity index (χ0) is 11.4. The number of nitrogens with zero attached hydrogens (tertiary/aromatic N) is 1. The second-order valence-electron chi connectivity index (χ2n) is 5.58. The van der Waals surface area contributed by atoms with Gasteiger partial charge in [0, 0.05) is 25.8 Å². The second kappa shape index (κ2) is 6.93. The van der Waals surface area contributed by atoms with Gasteiger partial charge in [-0.05, 0) is 50.6 Å². The lowest BCUT2D eigenvalue weighted by Gasteiger charge is -2.42. The van der Waals surface area contributed by atoms with E-state index in [1.54, 1.807) is 0 Å². The molecule has 2 aliphatic rings. The van der Waals surface area contributed by atoms with Crippen LogP contribution in [0.2, 0.25) is 0 Å². The van der Waals surface area contributed by atoms with Crippen molar-refractivity contribution in [2.45, 2.75) is 45.1 Å². The van der Waals surface area contributed by atoms with Crippen molar-refractivity contribution in [2.75, 3.05) is 32.8 Å². The van der Waals surface area contributed by atoms with Crippen molar-refractivity contribution in [3.05, 3.63) is 0 Å². The quantitative estimate of drug-likeness (QED) is 0.846. The van der Waals surface area contributed by atoms with Crippen molar-refractivity contribution < 1.29 is 4.74 Å². The van der Waals surface area contributed by atoms with Gasteiger partial charge in [0.05, 0.1) is 0 Å². The van der Waals surface area contributed by atoms with E-state index < -0.39 is 0 Å². The molecule has 0 bridgehead atoms. The summed E-state index contributed by atoms with van der Waals surface area (Å²) in [7, 11) is 0. The fraction of sp³-hybridized carbons (Fsp3) is 1.00. The third-order valence-corrected chi connectivity index (χ3v) is 4.49. The Morgan fingerprint density at radius 1 is 1.24 bits per heavy atom. The minimum atomic E-state index is 0. The number of ether oxygens (including phenoxy) is 1. The number of rotatable bonds is 3. The molecule has 4 heteroatoms. The molecule has 0 saturated carbocycles. The summed E-state index contributed by atoms with van der Waals surface area (Å²) < 4.78 is 5.49. The highest BCUT2D eigenvalue weighted by molar-refractivity contribution is 5.85. The molecule has 0 aromatic carbocycles. The van der Waals surface area contributed by atoms with Crippen LogP contribution in [0, 0.1) is 5.41 Å². The summed E-state index contributed by atoms with van der Waals surface area (Å²) >= 11 is 0. The molecule has 2 fully saturated rings. The van der Waals surface area contributed by atoms with Crippen LogP contribution < -0.4 is 5.73 Å². The van der Waals surface area contributed by atoms with E-state index in [2.05, 4.69) is 11.8 Å². The number of hydrogen-bond acceptors (Lipinski definition) is 3. The maximum absolute atomic E-state index is 5.95. The Hall–Kier alpha value is 0.170. The van der Waals surface area contributed by atoms with E-state index >= 15 is 0 Å². The van der Waals surface area contributed by atoms with Crippen molar-refractivity contribution in [3.63, 3.8) is 0 Å². The molecule has 0 atom stereocenters. The highest BCUT2D eigenvalue weighted by atomic mass is 35.5. The molecule has 2 saturated heterocycles. The van der Waals surface area contributed by atoms with E-state index in [0.717, 1.165) is 13.2 Å². The van der Waals surface area contributed by atoms with Gasteiger partial charge < -0.3 is 15.4 Å². The highest BCUT2D eigenvalue weighted by Crippen LogP contribution is 2.35. The minimum Gasteiger partial charge on any atom is -0.381 e. The summed E-state index contributed by atoms with van der Waals surface area (Å²) in [6, 6.07) is 0.448. The molecule has 0 aromatic heterocycles. The van der Waals surface area contributed by atoms with Crippen LogP contribution in [0.3, 0.4) is 0 Å². The molecular weight excluding hydrogens is 236 g/mol. The van der Waals surface area contributed by atoms with Crippen LogP contribution in [0.25, 0.3) is 0 Å². The largest absolute Gasteiger partial charge is 0.381 e. The molecule has 0 aliphatic carbocycles. The fourth-order valence-electron chi connectivity index (χ4n) is 3.01. The van der Waals surface area contributed by atoms with Gasteiger partial charge in [-0.15, -0.1) is 12.4 Å². The van der Waals surface area contributed by atoms with Gasteiger partial charge in [0.25, 0.3) is 0 Å². The summed E-state index contributed by atoms with van der Waals surface area (Å²) in [5, 5.41) is 0. The molecular formula is C13H27ClN2O. The van der Waals surface area contributed by atoms with E-state index in [1.165, 1.54) is 51.7 Å². The predicted molar refractivity (Wildman–Crippen MR) is 73.7 cm³/mol. The van der Waals surface area contributed by atoms with E-state index in [1.807, 2.05) is 0 Å². The van der Waals surface area contributed by atoms with Crippen molar-refractivity contribution in [1.29, 1.82) is 0 Å². The van der Waals surface area contributed by atoms with E-state index in [0.29, 0.717) is 11.5 Å². The molecule has 0 aromatic rings. The van der Waals surface area contributed by atoms with Crippen LogP contribution in [-0.4, -0.2) is 43.8 Å². The van der Waals surface area contributed by atoms with Gasteiger partial charge in [-0.3, -0.25) is 0 Å². The number of nitrogens with two attached hydrogens (primary N) is 1. The lowest BCUT2D eigenvalue weighted by molar-refractivity contribution is -0.0104. The Bertz CT molecular complexity index is 211. The molecule has 2 rings (SSSR count). The first-order chi connectivity index (χ1) is 7.74. The molecule has 0 radical (unpaired) electrons. The third kappa shape index (κ3) is 4.09. The van der Waals surface area contributed by atoms with Crippen molar-refractivity contribution in [3.8, 4) is 0 Å². The molecule has 2 aliphatic heterocycles. The Labute approximate surface area is 111 Å². The van der Waals surface area contributed by atoms with E-state index in [4.69, 9.17) is 10.5 Å². The highest BCUT2D eigenvalue weighted by Gasteiger charge is 2.33. The standard InChI is InChI=1S/C13H26N2O.ClH/c1-2-13(5-9-16-10-6-13)11-15-7-3-12(14)4-8-15;/h12H,2-11,14H2,1H3;1H. The summed E-state index contributed by atoms with van der Waals surface area (Å²) in [5.41, 5.74) is 6.48. The van der Waals surface area contributed by atoms with Crippen LogP contribution in [0.5, 0.6) is 0 Å². The summed E-state index contributed by atoms with van der Waals surface area (Å²) in [6.07, 6.45) is 6.13. The monoisotopic (exact) mass is 262 g/mol. The normalized spacial score (nSPS) is 26.5. The average molecular weight is 263 g/mol. The van der Waals surface area contributed by atoms with Gasteiger partial charge in [0.2, 0.25) is 0 Å². The number of likely N-dealkylation sites (tertiary alicyclic amines) is 1. The van der Waals surface area contributed by atoms with Gasteiger partial charge >= 0.3 is 0 Å². The Balaban J connectivity index is 0.00000144. The molecule has 3 nitrogen and oxygen atoms in total. The molecule has 0 unspecified atom stereocenters. The first-order valence-corrected chi connectivity index (χ1v) is 6.80. The third-order valence-electron chi connectivity index (χ3n) is 4.49. The first kappa shape index (κ1) is 15.2. The summed E-state index contributed by atoms with van der Waals surface area (Å²) in [5.74, 6) is 0. The van der Waals surface area contributed by atoms with Gasteiger partial charge in [-0.25, -0.2) is 0 Å². The van der Waals surface area contributed by atoms with Crippen molar-refractivity contribution >= 4 is 12.4 Å². The first-order valence-electron chi connectivity index (χ1n) is 6.80. The molecule has 0 amide bonds. The zero-order valence-electron chi connectivity index (χ0n) is 11.0. The molecule has 0 spiro atoms. The fourth-order valence-corrected chi connectivity index (χ4v) is 3.01. The Morgan fingerprint density at radius 3 is 2.35 bits per heavy atom. The van der Waals surface area contributed by atoms with Gasteiger partial charge in [0.1, 0.15) is 0 Å². The lowest BCUT2D eigenvalue weighted by atomic mass is 9.77. The predicted octanol–water partition coefficient (Wildman–Crippen LogP) is 2.04. The molecule has 17 heavy (non-hydrogen) atoms. The molecule has 2 N–H and O–H groups in total. The van der Waals surface area contributed by atoms with Crippen LogP contribution in [-0.2, 0) is 4.74 Å². The Morgan fingerprint density at radius 2 is 1.82 bits per heavy atom. The summed E-state index contributed by atoms with van der Waals surface area (Å²) in [4.78, 5) is 2.62.